The van der Waals surface area contributed by atoms with E-state index in [1.807, 2.05) is 32.0 Å². The van der Waals surface area contributed by atoms with Crippen LogP contribution in [0.2, 0.25) is 5.02 Å². The molecule has 0 radical (unpaired) electrons. The Balaban J connectivity index is 1.64. The molecule has 1 aromatic carbocycles. The molecule has 0 N–H and O–H groups in total. The molecule has 2 aromatic rings. The number of anilines is 1. The Kier molecular flexibility index (Phi) is 4.71. The first-order chi connectivity index (χ1) is 13.4. The van der Waals surface area contributed by atoms with E-state index >= 15 is 0 Å². The van der Waals surface area contributed by atoms with Gasteiger partial charge in [0.25, 0.3) is 5.91 Å². The van der Waals surface area contributed by atoms with Crippen LogP contribution in [0.15, 0.2) is 42.7 Å². The predicted octanol–water partition coefficient (Wildman–Crippen LogP) is 1.97. The minimum Gasteiger partial charge on any atom is -0.364 e. The quantitative estimate of drug-likeness (QED) is 0.786. The van der Waals surface area contributed by atoms with Crippen LogP contribution in [-0.2, 0) is 16.1 Å². The minimum atomic E-state index is -0.859. The molecule has 1 spiro atoms. The van der Waals surface area contributed by atoms with Gasteiger partial charge in [0.1, 0.15) is 6.54 Å². The number of carbonyl (C=O) groups excluding carboxylic acids is 2. The van der Waals surface area contributed by atoms with E-state index in [4.69, 9.17) is 11.6 Å². The second kappa shape index (κ2) is 7.05. The number of hydrogen-bond acceptors (Lipinski definition) is 5. The van der Waals surface area contributed by atoms with Gasteiger partial charge in [0.05, 0.1) is 31.2 Å². The van der Waals surface area contributed by atoms with E-state index in [2.05, 4.69) is 15.1 Å². The SMILES string of the molecule is CC(C)N1CC(=O)N(Cc2ccc(Cl)cc2)C2(CN(c3ccnnc3)C2)C1=O. The zero-order valence-electron chi connectivity index (χ0n) is 15.9. The molecule has 4 rings (SSSR count). The number of carbonyl (C=O) groups is 2. The Morgan fingerprint density at radius 1 is 1.11 bits per heavy atom. The number of amides is 2. The first kappa shape index (κ1) is 18.7. The van der Waals surface area contributed by atoms with Crippen molar-refractivity contribution in [2.45, 2.75) is 32.0 Å². The van der Waals surface area contributed by atoms with Crippen molar-refractivity contribution >= 4 is 29.1 Å². The molecule has 28 heavy (non-hydrogen) atoms. The van der Waals surface area contributed by atoms with Crippen LogP contribution in [0.4, 0.5) is 5.69 Å². The summed E-state index contributed by atoms with van der Waals surface area (Å²) in [4.78, 5) is 31.9. The van der Waals surface area contributed by atoms with Crippen molar-refractivity contribution in [2.75, 3.05) is 24.5 Å². The van der Waals surface area contributed by atoms with E-state index in [1.165, 1.54) is 0 Å². The summed E-state index contributed by atoms with van der Waals surface area (Å²) in [5, 5.41) is 8.36. The fraction of sp³-hybridized carbons (Fsp3) is 0.400. The lowest BCUT2D eigenvalue weighted by atomic mass is 9.82. The first-order valence-electron chi connectivity index (χ1n) is 9.28. The number of piperazine rings is 1. The van der Waals surface area contributed by atoms with Gasteiger partial charge in [-0.15, -0.1) is 0 Å². The molecule has 2 aliphatic heterocycles. The predicted molar refractivity (Wildman–Crippen MR) is 106 cm³/mol. The maximum atomic E-state index is 13.4. The van der Waals surface area contributed by atoms with E-state index < -0.39 is 5.54 Å². The summed E-state index contributed by atoms with van der Waals surface area (Å²) in [6.07, 6.45) is 3.30. The highest BCUT2D eigenvalue weighted by atomic mass is 35.5. The fourth-order valence-electron chi connectivity index (χ4n) is 3.90. The fourth-order valence-corrected chi connectivity index (χ4v) is 4.02. The van der Waals surface area contributed by atoms with Gasteiger partial charge in [-0.1, -0.05) is 23.7 Å². The molecule has 2 saturated heterocycles. The van der Waals surface area contributed by atoms with Gasteiger partial charge in [-0.25, -0.2) is 0 Å². The summed E-state index contributed by atoms with van der Waals surface area (Å²) in [6.45, 7) is 5.27. The van der Waals surface area contributed by atoms with E-state index in [0.29, 0.717) is 24.7 Å². The van der Waals surface area contributed by atoms with Crippen molar-refractivity contribution in [2.24, 2.45) is 0 Å². The van der Waals surface area contributed by atoms with Crippen LogP contribution in [-0.4, -0.2) is 63.0 Å². The summed E-state index contributed by atoms with van der Waals surface area (Å²) in [6, 6.07) is 9.23. The van der Waals surface area contributed by atoms with Crippen molar-refractivity contribution in [3.05, 3.63) is 53.3 Å². The average Bonchev–Trinajstić information content (AvgIpc) is 2.65. The van der Waals surface area contributed by atoms with E-state index in [-0.39, 0.29) is 24.4 Å². The third-order valence-electron chi connectivity index (χ3n) is 5.50. The van der Waals surface area contributed by atoms with Gasteiger partial charge in [0.2, 0.25) is 5.91 Å². The van der Waals surface area contributed by atoms with Gasteiger partial charge >= 0.3 is 0 Å². The zero-order valence-corrected chi connectivity index (χ0v) is 16.6. The Morgan fingerprint density at radius 3 is 2.43 bits per heavy atom. The number of nitrogens with zero attached hydrogens (tertiary/aromatic N) is 5. The molecule has 2 aliphatic rings. The van der Waals surface area contributed by atoms with Gasteiger partial charge in [0, 0.05) is 17.6 Å². The van der Waals surface area contributed by atoms with Gasteiger partial charge in [0.15, 0.2) is 5.54 Å². The lowest BCUT2D eigenvalue weighted by molar-refractivity contribution is -0.170. The first-order valence-corrected chi connectivity index (χ1v) is 9.66. The van der Waals surface area contributed by atoms with Crippen LogP contribution in [0.1, 0.15) is 19.4 Å². The van der Waals surface area contributed by atoms with Crippen molar-refractivity contribution in [3.63, 3.8) is 0 Å². The average molecular weight is 400 g/mol. The second-order valence-corrected chi connectivity index (χ2v) is 8.06. The second-order valence-electron chi connectivity index (χ2n) is 7.62. The summed E-state index contributed by atoms with van der Waals surface area (Å²) in [5.74, 6) is -0.0231. The molecule has 1 aromatic heterocycles. The molecular weight excluding hydrogens is 378 g/mol. The zero-order chi connectivity index (χ0) is 19.9. The molecule has 7 nitrogen and oxygen atoms in total. The Hall–Kier alpha value is -2.67. The third-order valence-corrected chi connectivity index (χ3v) is 5.75. The van der Waals surface area contributed by atoms with E-state index in [1.54, 1.807) is 34.3 Å². The summed E-state index contributed by atoms with van der Waals surface area (Å²) >= 11 is 5.98. The topological polar surface area (TPSA) is 69.6 Å². The standard InChI is InChI=1S/C20H22ClN5O2/c1-14(2)25-11-18(27)26(10-15-3-5-16(21)6-4-15)20(19(25)28)12-24(13-20)17-7-8-22-23-9-17/h3-9,14H,10-13H2,1-2H3. The monoisotopic (exact) mass is 399 g/mol. The van der Waals surface area contributed by atoms with Crippen LogP contribution in [0.25, 0.3) is 0 Å². The highest BCUT2D eigenvalue weighted by Crippen LogP contribution is 2.37. The van der Waals surface area contributed by atoms with Crippen LogP contribution in [0.5, 0.6) is 0 Å². The highest BCUT2D eigenvalue weighted by molar-refractivity contribution is 6.30. The highest BCUT2D eigenvalue weighted by Gasteiger charge is 2.59. The summed E-state index contributed by atoms with van der Waals surface area (Å²) < 4.78 is 0. The molecule has 2 amide bonds. The summed E-state index contributed by atoms with van der Waals surface area (Å²) in [7, 11) is 0. The smallest absolute Gasteiger partial charge is 0.252 e. The molecule has 0 bridgehead atoms. The lowest BCUT2D eigenvalue weighted by Crippen LogP contribution is -2.81. The molecule has 0 unspecified atom stereocenters. The third kappa shape index (κ3) is 3.09. The van der Waals surface area contributed by atoms with Crippen LogP contribution >= 0.6 is 11.6 Å². The molecule has 2 fully saturated rings. The lowest BCUT2D eigenvalue weighted by Gasteiger charge is -2.59. The van der Waals surface area contributed by atoms with Crippen molar-refractivity contribution in [3.8, 4) is 0 Å². The number of benzene rings is 1. The number of halogens is 1. The molecule has 3 heterocycles. The molecular formula is C20H22ClN5O2. The van der Waals surface area contributed by atoms with E-state index in [9.17, 15) is 9.59 Å². The van der Waals surface area contributed by atoms with Gasteiger partial charge in [-0.05, 0) is 37.6 Å². The molecule has 0 aliphatic carbocycles. The Bertz CT molecular complexity index is 881. The van der Waals surface area contributed by atoms with Crippen molar-refractivity contribution in [1.82, 2.24) is 20.0 Å². The van der Waals surface area contributed by atoms with Gasteiger partial charge in [-0.2, -0.15) is 10.2 Å². The van der Waals surface area contributed by atoms with Crippen LogP contribution in [0.3, 0.4) is 0 Å². The molecule has 0 atom stereocenters. The number of rotatable bonds is 4. The largest absolute Gasteiger partial charge is 0.364 e. The van der Waals surface area contributed by atoms with Crippen molar-refractivity contribution in [1.29, 1.82) is 0 Å². The normalized spacial score (nSPS) is 18.8. The van der Waals surface area contributed by atoms with Crippen LogP contribution in [0, 0.1) is 0 Å². The maximum absolute atomic E-state index is 13.4. The van der Waals surface area contributed by atoms with Crippen LogP contribution < -0.4 is 4.90 Å². The van der Waals surface area contributed by atoms with Crippen molar-refractivity contribution < 1.29 is 9.59 Å². The Morgan fingerprint density at radius 2 is 1.82 bits per heavy atom. The Labute approximate surface area is 168 Å². The maximum Gasteiger partial charge on any atom is 0.252 e. The molecule has 146 valence electrons. The minimum absolute atomic E-state index is 0.00864. The number of hydrogen-bond donors (Lipinski definition) is 0. The molecule has 8 heteroatoms. The number of aromatic nitrogens is 2. The molecule has 0 saturated carbocycles. The van der Waals surface area contributed by atoms with Gasteiger partial charge in [-0.3, -0.25) is 9.59 Å². The van der Waals surface area contributed by atoms with Gasteiger partial charge < -0.3 is 14.7 Å². The van der Waals surface area contributed by atoms with E-state index in [0.717, 1.165) is 11.3 Å². The summed E-state index contributed by atoms with van der Waals surface area (Å²) in [5.41, 5.74) is 0.989.